The molecule has 3 rings (SSSR count). The number of esters is 1. The third kappa shape index (κ3) is 3.52. The van der Waals surface area contributed by atoms with Gasteiger partial charge in [0.25, 0.3) is 0 Å². The molecule has 0 aliphatic carbocycles. The van der Waals surface area contributed by atoms with Crippen LogP contribution >= 0.6 is 22.6 Å². The summed E-state index contributed by atoms with van der Waals surface area (Å²) in [5.74, 6) is 1.18. The molecule has 0 radical (unpaired) electrons. The Morgan fingerprint density at radius 3 is 2.27 bits per heavy atom. The van der Waals surface area contributed by atoms with Crippen molar-refractivity contribution in [2.45, 2.75) is 0 Å². The molecule has 1 aliphatic heterocycles. The van der Waals surface area contributed by atoms with Crippen molar-refractivity contribution >= 4 is 40.5 Å². The maximum absolute atomic E-state index is 12.2. The summed E-state index contributed by atoms with van der Waals surface area (Å²) < 4.78 is 22.4. The largest absolute Gasteiger partial charge is 0.493 e. The minimum Gasteiger partial charge on any atom is -0.493 e. The summed E-state index contributed by atoms with van der Waals surface area (Å²) in [6.45, 7) is 0. The van der Waals surface area contributed by atoms with Crippen molar-refractivity contribution in [3.63, 3.8) is 0 Å². The molecule has 0 spiro atoms. The molecule has 1 aliphatic rings. The third-order valence-electron chi connectivity index (χ3n) is 3.74. The van der Waals surface area contributed by atoms with E-state index < -0.39 is 5.97 Å². The molecular weight excluding hydrogens is 449 g/mol. The van der Waals surface area contributed by atoms with Crippen LogP contribution in [0, 0.1) is 3.57 Å². The molecule has 0 fully saturated rings. The Hall–Kier alpha value is -2.55. The van der Waals surface area contributed by atoms with Crippen molar-refractivity contribution in [1.82, 2.24) is 0 Å². The van der Waals surface area contributed by atoms with Crippen molar-refractivity contribution in [3.05, 3.63) is 56.8 Å². The van der Waals surface area contributed by atoms with Crippen LogP contribution in [0.5, 0.6) is 17.2 Å². The summed E-state index contributed by atoms with van der Waals surface area (Å²) in [6.07, 6.45) is 1.60. The number of halogens is 1. The van der Waals surface area contributed by atoms with E-state index in [9.17, 15) is 4.79 Å². The van der Waals surface area contributed by atoms with Crippen LogP contribution < -0.4 is 14.2 Å². The zero-order valence-corrected chi connectivity index (χ0v) is 16.6. The van der Waals surface area contributed by atoms with Crippen molar-refractivity contribution in [2.75, 3.05) is 21.3 Å². The number of hydrogen-bond acceptors (Lipinski definition) is 6. The number of aliphatic imine (C=N–C) groups is 1. The van der Waals surface area contributed by atoms with Crippen LogP contribution in [-0.2, 0) is 9.53 Å². The smallest absolute Gasteiger partial charge is 0.363 e. The molecule has 0 aromatic heterocycles. The average Bonchev–Trinajstić information content (AvgIpc) is 3.02. The van der Waals surface area contributed by atoms with Crippen LogP contribution in [0.3, 0.4) is 0 Å². The van der Waals surface area contributed by atoms with Crippen molar-refractivity contribution in [1.29, 1.82) is 0 Å². The zero-order chi connectivity index (χ0) is 18.7. The lowest BCUT2D eigenvalue weighted by atomic mass is 10.1. The number of ether oxygens (including phenoxy) is 4. The summed E-state index contributed by atoms with van der Waals surface area (Å²) in [4.78, 5) is 16.5. The fourth-order valence-electron chi connectivity index (χ4n) is 2.51. The molecule has 26 heavy (non-hydrogen) atoms. The van der Waals surface area contributed by atoms with Gasteiger partial charge >= 0.3 is 5.97 Å². The van der Waals surface area contributed by atoms with E-state index in [1.807, 2.05) is 24.3 Å². The molecular formula is C19H16INO5. The van der Waals surface area contributed by atoms with E-state index in [1.54, 1.807) is 25.3 Å². The van der Waals surface area contributed by atoms with Gasteiger partial charge in [0.1, 0.15) is 0 Å². The Morgan fingerprint density at radius 2 is 1.65 bits per heavy atom. The second kappa shape index (κ2) is 7.77. The first-order chi connectivity index (χ1) is 12.6. The van der Waals surface area contributed by atoms with E-state index in [-0.39, 0.29) is 11.6 Å². The van der Waals surface area contributed by atoms with Gasteiger partial charge in [0, 0.05) is 14.7 Å². The van der Waals surface area contributed by atoms with Gasteiger partial charge in [0.2, 0.25) is 11.6 Å². The average molecular weight is 465 g/mol. The Balaban J connectivity index is 2.02. The minimum atomic E-state index is -0.518. The maximum Gasteiger partial charge on any atom is 0.363 e. The predicted molar refractivity (Wildman–Crippen MR) is 106 cm³/mol. The lowest BCUT2D eigenvalue weighted by Crippen LogP contribution is -2.05. The van der Waals surface area contributed by atoms with E-state index >= 15 is 0 Å². The van der Waals surface area contributed by atoms with Crippen molar-refractivity contribution in [2.24, 2.45) is 4.99 Å². The van der Waals surface area contributed by atoms with Crippen LogP contribution in [0.1, 0.15) is 11.1 Å². The number of benzene rings is 2. The molecule has 0 amide bonds. The lowest BCUT2D eigenvalue weighted by Gasteiger charge is -2.14. The first kappa shape index (κ1) is 18.2. The molecule has 0 saturated carbocycles. The number of carbonyl (C=O) groups excluding carboxylic acids is 1. The molecule has 2 aromatic carbocycles. The Bertz CT molecular complexity index is 903. The van der Waals surface area contributed by atoms with E-state index in [1.165, 1.54) is 14.2 Å². The van der Waals surface area contributed by atoms with E-state index in [2.05, 4.69) is 27.6 Å². The van der Waals surface area contributed by atoms with Crippen LogP contribution in [0.15, 0.2) is 47.1 Å². The van der Waals surface area contributed by atoms with Crippen LogP contribution in [0.25, 0.3) is 6.08 Å². The number of methoxy groups -OCH3 is 3. The Kier molecular flexibility index (Phi) is 5.46. The highest BCUT2D eigenvalue weighted by atomic mass is 127. The number of cyclic esters (lactones) is 1. The molecule has 0 bridgehead atoms. The zero-order valence-electron chi connectivity index (χ0n) is 14.4. The molecule has 0 atom stereocenters. The van der Waals surface area contributed by atoms with Crippen molar-refractivity contribution in [3.8, 4) is 17.2 Å². The Morgan fingerprint density at radius 1 is 0.962 bits per heavy atom. The first-order valence-corrected chi connectivity index (χ1v) is 8.72. The summed E-state index contributed by atoms with van der Waals surface area (Å²) in [7, 11) is 4.59. The van der Waals surface area contributed by atoms with Gasteiger partial charge in [-0.25, -0.2) is 9.79 Å². The molecule has 0 saturated heterocycles. The normalized spacial score (nSPS) is 14.8. The number of rotatable bonds is 5. The minimum absolute atomic E-state index is 0.184. The van der Waals surface area contributed by atoms with Crippen LogP contribution in [-0.4, -0.2) is 33.2 Å². The first-order valence-electron chi connectivity index (χ1n) is 7.65. The lowest BCUT2D eigenvalue weighted by molar-refractivity contribution is -0.129. The Labute approximate surface area is 164 Å². The van der Waals surface area contributed by atoms with Gasteiger partial charge in [-0.1, -0.05) is 0 Å². The highest BCUT2D eigenvalue weighted by molar-refractivity contribution is 14.1. The monoisotopic (exact) mass is 465 g/mol. The number of nitrogens with zero attached hydrogens (tertiary/aromatic N) is 1. The van der Waals surface area contributed by atoms with Gasteiger partial charge in [0.05, 0.1) is 21.3 Å². The van der Waals surface area contributed by atoms with Crippen LogP contribution in [0.4, 0.5) is 0 Å². The molecule has 6 nitrogen and oxygen atoms in total. The highest BCUT2D eigenvalue weighted by Gasteiger charge is 2.25. The topological polar surface area (TPSA) is 66.4 Å². The van der Waals surface area contributed by atoms with Crippen LogP contribution in [0.2, 0.25) is 0 Å². The fraction of sp³-hybridized carbons (Fsp3) is 0.158. The summed E-state index contributed by atoms with van der Waals surface area (Å²) in [6, 6.07) is 11.1. The van der Waals surface area contributed by atoms with E-state index in [0.717, 1.165) is 9.13 Å². The third-order valence-corrected chi connectivity index (χ3v) is 4.46. The SMILES string of the molecule is COc1ccc(C=C2N=C(c3ccc(I)cc3)OC2=O)c(OC)c1OC. The number of carbonyl (C=O) groups is 1. The van der Waals surface area contributed by atoms with E-state index in [4.69, 9.17) is 18.9 Å². The van der Waals surface area contributed by atoms with Crippen molar-refractivity contribution < 1.29 is 23.7 Å². The molecule has 134 valence electrons. The van der Waals surface area contributed by atoms with Gasteiger partial charge in [0.15, 0.2) is 17.2 Å². The quantitative estimate of drug-likeness (QED) is 0.383. The summed E-state index contributed by atoms with van der Waals surface area (Å²) in [5.41, 5.74) is 1.55. The predicted octanol–water partition coefficient (Wildman–Crippen LogP) is 3.66. The molecule has 2 aromatic rings. The molecule has 0 unspecified atom stereocenters. The van der Waals surface area contributed by atoms with Gasteiger partial charge in [-0.2, -0.15) is 0 Å². The molecule has 0 N–H and O–H groups in total. The summed E-state index contributed by atoms with van der Waals surface area (Å²) in [5, 5.41) is 0. The molecule has 7 heteroatoms. The summed E-state index contributed by atoms with van der Waals surface area (Å²) >= 11 is 2.21. The van der Waals surface area contributed by atoms with Gasteiger partial charge in [-0.3, -0.25) is 0 Å². The maximum atomic E-state index is 12.2. The standard InChI is InChI=1S/C19H16INO5/c1-23-15-9-6-12(16(24-2)17(15)25-3)10-14-19(22)26-18(21-14)11-4-7-13(20)8-5-11/h4-10H,1-3H3. The second-order valence-corrected chi connectivity index (χ2v) is 6.51. The second-order valence-electron chi connectivity index (χ2n) is 5.27. The number of hydrogen-bond donors (Lipinski definition) is 0. The van der Waals surface area contributed by atoms with Gasteiger partial charge in [-0.15, -0.1) is 0 Å². The fourth-order valence-corrected chi connectivity index (χ4v) is 2.87. The van der Waals surface area contributed by atoms with E-state index in [0.29, 0.717) is 22.8 Å². The van der Waals surface area contributed by atoms with Gasteiger partial charge in [-0.05, 0) is 65.1 Å². The molecule has 1 heterocycles. The van der Waals surface area contributed by atoms with Gasteiger partial charge < -0.3 is 18.9 Å². The highest BCUT2D eigenvalue weighted by Crippen LogP contribution is 2.40.